The van der Waals surface area contributed by atoms with Crippen LogP contribution in [0, 0.1) is 15.9 Å². The predicted octanol–water partition coefficient (Wildman–Crippen LogP) is 1.85. The molecular formula is C15H19FN6O3. The summed E-state index contributed by atoms with van der Waals surface area (Å²) in [4.78, 5) is 20.2. The molecule has 1 heterocycles. The summed E-state index contributed by atoms with van der Waals surface area (Å²) >= 11 is 0. The van der Waals surface area contributed by atoms with Gasteiger partial charge in [0.25, 0.3) is 0 Å². The third-order valence-corrected chi connectivity index (χ3v) is 4.54. The van der Waals surface area contributed by atoms with Gasteiger partial charge in [0.15, 0.2) is 0 Å². The molecule has 1 aromatic carbocycles. The molecule has 9 nitrogen and oxygen atoms in total. The van der Waals surface area contributed by atoms with Crippen LogP contribution in [0.15, 0.2) is 22.1 Å². The van der Waals surface area contributed by atoms with Gasteiger partial charge in [0.05, 0.1) is 23.8 Å². The first kappa shape index (κ1) is 16.9. The number of benzene rings is 1. The van der Waals surface area contributed by atoms with E-state index in [1.807, 2.05) is 0 Å². The molecular weight excluding hydrogens is 331 g/mol. The van der Waals surface area contributed by atoms with Gasteiger partial charge in [-0.2, -0.15) is 9.38 Å². The van der Waals surface area contributed by atoms with Crippen molar-refractivity contribution in [2.75, 3.05) is 12.0 Å². The Labute approximate surface area is 143 Å². The highest BCUT2D eigenvalue weighted by molar-refractivity contribution is 6.06. The Bertz CT molecular complexity index is 773. The van der Waals surface area contributed by atoms with E-state index in [1.54, 1.807) is 4.90 Å². The Hall–Kier alpha value is -2.91. The van der Waals surface area contributed by atoms with Crippen LogP contribution in [0.2, 0.25) is 0 Å². The summed E-state index contributed by atoms with van der Waals surface area (Å²) in [5.41, 5.74) is 10.7. The summed E-state index contributed by atoms with van der Waals surface area (Å²) in [6.07, 6.45) is 4.17. The molecule has 2 aliphatic rings. The molecule has 10 heteroatoms. The van der Waals surface area contributed by atoms with E-state index in [4.69, 9.17) is 16.2 Å². The number of guanidine groups is 2. The van der Waals surface area contributed by atoms with E-state index in [-0.39, 0.29) is 23.4 Å². The van der Waals surface area contributed by atoms with E-state index < -0.39 is 22.1 Å². The molecule has 1 aromatic rings. The number of aliphatic imine (C=N–C) groups is 2. The van der Waals surface area contributed by atoms with Crippen LogP contribution in [0.4, 0.5) is 15.8 Å². The van der Waals surface area contributed by atoms with E-state index in [0.717, 1.165) is 31.4 Å². The standard InChI is InChI=1S/C15H19FN6O3/c1-25-12-8-10(22(23)24)9(16)7-11(12)21-14(18)19-13(17)20-15(21)5-3-2-4-6-15/h7-8H,2-6H2,1H3,(H4,17,18,19,20). The van der Waals surface area contributed by atoms with Crippen molar-refractivity contribution in [1.82, 2.24) is 0 Å². The zero-order valence-electron chi connectivity index (χ0n) is 13.7. The maximum atomic E-state index is 14.3. The highest BCUT2D eigenvalue weighted by Crippen LogP contribution is 2.44. The van der Waals surface area contributed by atoms with E-state index in [1.165, 1.54) is 7.11 Å². The van der Waals surface area contributed by atoms with Crippen LogP contribution < -0.4 is 21.1 Å². The molecule has 25 heavy (non-hydrogen) atoms. The Morgan fingerprint density at radius 1 is 1.32 bits per heavy atom. The summed E-state index contributed by atoms with van der Waals surface area (Å²) in [5.74, 6) is -0.744. The smallest absolute Gasteiger partial charge is 0.308 e. The SMILES string of the molecule is COc1cc([N+](=O)[O-])c(F)cc1N1C(N)=NC(N)=NC12CCCCC2. The second-order valence-electron chi connectivity index (χ2n) is 6.05. The monoisotopic (exact) mass is 350 g/mol. The predicted molar refractivity (Wildman–Crippen MR) is 91.1 cm³/mol. The second kappa shape index (κ2) is 6.19. The number of nitrogens with two attached hydrogens (primary N) is 2. The minimum absolute atomic E-state index is 0.0564. The van der Waals surface area contributed by atoms with Gasteiger partial charge in [-0.05, 0) is 25.7 Å². The van der Waals surface area contributed by atoms with Crippen LogP contribution in [-0.2, 0) is 0 Å². The number of rotatable bonds is 3. The van der Waals surface area contributed by atoms with E-state index in [2.05, 4.69) is 9.98 Å². The number of nitro groups is 1. The summed E-state index contributed by atoms with van der Waals surface area (Å²) in [6, 6.07) is 2.07. The number of ether oxygens (including phenoxy) is 1. The molecule has 3 rings (SSSR count). The third-order valence-electron chi connectivity index (χ3n) is 4.54. The fourth-order valence-corrected chi connectivity index (χ4v) is 3.48. The first-order chi connectivity index (χ1) is 11.9. The van der Waals surface area contributed by atoms with Crippen LogP contribution >= 0.6 is 0 Å². The minimum atomic E-state index is -0.984. The molecule has 1 aliphatic heterocycles. The number of nitrogens with zero attached hydrogens (tertiary/aromatic N) is 4. The molecule has 4 N–H and O–H groups in total. The Balaban J connectivity index is 2.17. The largest absolute Gasteiger partial charge is 0.494 e. The van der Waals surface area contributed by atoms with E-state index in [9.17, 15) is 14.5 Å². The Morgan fingerprint density at radius 3 is 2.60 bits per heavy atom. The zero-order valence-corrected chi connectivity index (χ0v) is 13.7. The number of hydrogen-bond acceptors (Lipinski definition) is 8. The number of nitro benzene ring substituents is 1. The van der Waals surface area contributed by atoms with E-state index in [0.29, 0.717) is 12.8 Å². The van der Waals surface area contributed by atoms with Crippen LogP contribution in [0.1, 0.15) is 32.1 Å². The second-order valence-corrected chi connectivity index (χ2v) is 6.05. The molecule has 0 aromatic heterocycles. The van der Waals surface area contributed by atoms with Gasteiger partial charge in [-0.15, -0.1) is 0 Å². The number of halogens is 1. The molecule has 0 bridgehead atoms. The lowest BCUT2D eigenvalue weighted by Gasteiger charge is -2.45. The highest BCUT2D eigenvalue weighted by atomic mass is 19.1. The molecule has 0 radical (unpaired) electrons. The highest BCUT2D eigenvalue weighted by Gasteiger charge is 2.44. The molecule has 134 valence electrons. The van der Waals surface area contributed by atoms with Crippen molar-refractivity contribution in [3.8, 4) is 5.75 Å². The van der Waals surface area contributed by atoms with Gasteiger partial charge in [0.1, 0.15) is 11.4 Å². The van der Waals surface area contributed by atoms with Gasteiger partial charge in [-0.1, -0.05) is 6.42 Å². The molecule has 0 unspecified atom stereocenters. The van der Waals surface area contributed by atoms with Gasteiger partial charge >= 0.3 is 5.69 Å². The normalized spacial score (nSPS) is 19.4. The lowest BCUT2D eigenvalue weighted by atomic mass is 9.87. The first-order valence-corrected chi connectivity index (χ1v) is 7.89. The lowest BCUT2D eigenvalue weighted by Crippen LogP contribution is -2.58. The van der Waals surface area contributed by atoms with Crippen LogP contribution in [0.5, 0.6) is 5.75 Å². The topological polar surface area (TPSA) is 132 Å². The number of hydrogen-bond donors (Lipinski definition) is 2. The molecule has 0 saturated heterocycles. The third kappa shape index (κ3) is 2.83. The Morgan fingerprint density at radius 2 is 2.00 bits per heavy atom. The quantitative estimate of drug-likeness (QED) is 0.631. The maximum absolute atomic E-state index is 14.3. The van der Waals surface area contributed by atoms with Crippen molar-refractivity contribution in [1.29, 1.82) is 0 Å². The average Bonchev–Trinajstić information content (AvgIpc) is 2.54. The summed E-state index contributed by atoms with van der Waals surface area (Å²) in [6.45, 7) is 0. The van der Waals surface area contributed by atoms with E-state index >= 15 is 0 Å². The van der Waals surface area contributed by atoms with Gasteiger partial charge in [-0.25, -0.2) is 4.99 Å². The lowest BCUT2D eigenvalue weighted by molar-refractivity contribution is -0.387. The molecule has 1 spiro atoms. The van der Waals surface area contributed by atoms with Crippen LogP contribution in [-0.4, -0.2) is 29.6 Å². The van der Waals surface area contributed by atoms with Gasteiger partial charge in [0.2, 0.25) is 17.7 Å². The first-order valence-electron chi connectivity index (χ1n) is 7.89. The summed E-state index contributed by atoms with van der Waals surface area (Å²) in [7, 11) is 1.35. The van der Waals surface area contributed by atoms with Gasteiger partial charge in [0, 0.05) is 6.07 Å². The molecule has 1 saturated carbocycles. The van der Waals surface area contributed by atoms with Gasteiger partial charge < -0.3 is 16.2 Å². The van der Waals surface area contributed by atoms with Crippen molar-refractivity contribution in [3.63, 3.8) is 0 Å². The molecule has 0 amide bonds. The minimum Gasteiger partial charge on any atom is -0.494 e. The number of anilines is 1. The molecule has 1 aliphatic carbocycles. The van der Waals surface area contributed by atoms with Crippen molar-refractivity contribution >= 4 is 23.3 Å². The van der Waals surface area contributed by atoms with Crippen molar-refractivity contribution < 1.29 is 14.1 Å². The fraction of sp³-hybridized carbons (Fsp3) is 0.467. The van der Waals surface area contributed by atoms with Crippen LogP contribution in [0.25, 0.3) is 0 Å². The fourth-order valence-electron chi connectivity index (χ4n) is 3.48. The van der Waals surface area contributed by atoms with Crippen molar-refractivity contribution in [2.45, 2.75) is 37.8 Å². The number of methoxy groups -OCH3 is 1. The maximum Gasteiger partial charge on any atom is 0.308 e. The summed E-state index contributed by atoms with van der Waals surface area (Å²) in [5, 5.41) is 11.0. The van der Waals surface area contributed by atoms with Gasteiger partial charge in [-0.3, -0.25) is 15.0 Å². The average molecular weight is 350 g/mol. The zero-order chi connectivity index (χ0) is 18.2. The Kier molecular flexibility index (Phi) is 4.19. The molecule has 1 fully saturated rings. The summed E-state index contributed by atoms with van der Waals surface area (Å²) < 4.78 is 19.5. The van der Waals surface area contributed by atoms with Crippen molar-refractivity contribution in [2.24, 2.45) is 21.5 Å². The molecule has 0 atom stereocenters. The van der Waals surface area contributed by atoms with Crippen molar-refractivity contribution in [3.05, 3.63) is 28.1 Å². The van der Waals surface area contributed by atoms with Crippen LogP contribution in [0.3, 0.4) is 0 Å².